The van der Waals surface area contributed by atoms with E-state index in [1.165, 1.54) is 0 Å². The summed E-state index contributed by atoms with van der Waals surface area (Å²) in [4.78, 5) is 7.04. The molecule has 0 bridgehead atoms. The van der Waals surface area contributed by atoms with Crippen LogP contribution in [-0.2, 0) is 4.57 Å². The van der Waals surface area contributed by atoms with Gasteiger partial charge in [0, 0.05) is 17.4 Å². The van der Waals surface area contributed by atoms with E-state index >= 15 is 0 Å². The number of rotatable bonds is 0. The molecule has 1 atom stereocenters. The van der Waals surface area contributed by atoms with Gasteiger partial charge in [0.2, 0.25) is 0 Å². The van der Waals surface area contributed by atoms with Crippen molar-refractivity contribution >= 4 is 26.0 Å². The van der Waals surface area contributed by atoms with E-state index in [0.717, 1.165) is 0 Å². The topological polar surface area (TPSA) is 37.3 Å². The maximum atomic E-state index is 8.51. The van der Waals surface area contributed by atoms with Crippen LogP contribution in [0.25, 0.3) is 0 Å². The smallest absolute Gasteiger partial charge is 0.162 e. The maximum absolute atomic E-state index is 8.51. The van der Waals surface area contributed by atoms with E-state index in [2.05, 4.69) is 0 Å². The van der Waals surface area contributed by atoms with Crippen molar-refractivity contribution in [2.75, 3.05) is 0 Å². The zero-order valence-corrected chi connectivity index (χ0v) is 4.09. The highest BCUT2D eigenvalue weighted by Crippen LogP contribution is 1.66. The Balaban J connectivity index is 0. The van der Waals surface area contributed by atoms with Gasteiger partial charge in [-0.05, 0) is 4.57 Å². The summed E-state index contributed by atoms with van der Waals surface area (Å²) >= 11 is 0. The zero-order valence-electron chi connectivity index (χ0n) is 1.93. The summed E-state index contributed by atoms with van der Waals surface area (Å²) in [5.74, 6) is 0. The van der Waals surface area contributed by atoms with Crippen LogP contribution in [0.3, 0.4) is 0 Å². The molecule has 0 aromatic carbocycles. The molecule has 21 valence electrons. The van der Waals surface area contributed by atoms with E-state index in [9.17, 15) is 0 Å². The molecule has 3 radical (unpaired) electrons. The molecule has 1 unspecified atom stereocenters. The van der Waals surface area contributed by atoms with Gasteiger partial charge in [-0.25, -0.2) is 0 Å². The van der Waals surface area contributed by atoms with Crippen LogP contribution in [0.15, 0.2) is 0 Å². The predicted molar refractivity (Wildman–Crippen MR) is 17.0 cm³/mol. The second-order valence-electron chi connectivity index (χ2n) is 0.0913. The fourth-order valence-corrected chi connectivity index (χ4v) is 0. The summed E-state index contributed by atoms with van der Waals surface area (Å²) in [5.41, 5.74) is 0. The molecule has 0 aliphatic heterocycles. The van der Waals surface area contributed by atoms with Gasteiger partial charge < -0.3 is 0 Å². The quantitative estimate of drug-likeness (QED) is 0.324. The van der Waals surface area contributed by atoms with Crippen LogP contribution in [0.2, 0.25) is 0 Å². The molecular weight excluding hydrogens is 90.0 g/mol. The second kappa shape index (κ2) is 9.52. The average molecular weight is 92.0 g/mol. The third kappa shape index (κ3) is 18.7. The molecule has 1 N–H and O–H groups in total. The summed E-state index contributed by atoms with van der Waals surface area (Å²) in [6.07, 6.45) is 0. The van der Waals surface area contributed by atoms with Crippen LogP contribution in [-0.4, -0.2) is 22.3 Å². The highest BCUT2D eigenvalue weighted by atomic mass is 31.1. The summed E-state index contributed by atoms with van der Waals surface area (Å²) in [7, 11) is -1.17. The van der Waals surface area contributed by atoms with Gasteiger partial charge >= 0.3 is 8.69 Å². The minimum absolute atomic E-state index is 0. The zero-order chi connectivity index (χ0) is 2.71. The minimum atomic E-state index is -1.17. The van der Waals surface area contributed by atoms with Gasteiger partial charge in [0.05, 0.1) is 0 Å². The van der Waals surface area contributed by atoms with Gasteiger partial charge in [-0.2, -0.15) is 4.89 Å². The standard InChI is InChI=1S/Al.HO2P/c;1-3-2/h;3H/p+1. The van der Waals surface area contributed by atoms with Crippen LogP contribution in [0, 0.1) is 0 Å². The summed E-state index contributed by atoms with van der Waals surface area (Å²) in [5, 5.41) is 0. The minimum Gasteiger partial charge on any atom is -0.162 e. The van der Waals surface area contributed by atoms with Crippen LogP contribution >= 0.6 is 8.69 Å². The van der Waals surface area contributed by atoms with Crippen molar-refractivity contribution in [2.45, 2.75) is 0 Å². The van der Waals surface area contributed by atoms with Gasteiger partial charge in [0.1, 0.15) is 0 Å². The van der Waals surface area contributed by atoms with Gasteiger partial charge in [-0.1, -0.05) is 0 Å². The molecule has 4 heavy (non-hydrogen) atoms. The fraction of sp³-hybridized carbons (Fsp3) is 0. The molecular formula is H2AlO2P+. The number of hydrogen-bond donors (Lipinski definition) is 1. The first-order chi connectivity index (χ1) is 1.41. The van der Waals surface area contributed by atoms with Crippen LogP contribution < -0.4 is 0 Å². The molecule has 0 amide bonds. The first-order valence-corrected chi connectivity index (χ1v) is 1.28. The highest BCUT2D eigenvalue weighted by Gasteiger charge is 1.45. The van der Waals surface area contributed by atoms with Crippen molar-refractivity contribution in [1.82, 2.24) is 0 Å². The van der Waals surface area contributed by atoms with Gasteiger partial charge in [-0.3, -0.25) is 0 Å². The van der Waals surface area contributed by atoms with Crippen molar-refractivity contribution in [3.8, 4) is 0 Å². The molecule has 0 fully saturated rings. The normalized spacial score (nSPS) is 5.25. The molecule has 0 aliphatic carbocycles. The molecule has 0 rings (SSSR count). The van der Waals surface area contributed by atoms with Crippen molar-refractivity contribution in [1.29, 1.82) is 0 Å². The monoisotopic (exact) mass is 92.0 g/mol. The fourth-order valence-electron chi connectivity index (χ4n) is 0. The summed E-state index contributed by atoms with van der Waals surface area (Å²) < 4.78 is 8.51. The Hall–Kier alpha value is 0.592. The third-order valence-electron chi connectivity index (χ3n) is 0. The largest absolute Gasteiger partial charge is 0.491 e. The molecule has 0 aromatic rings. The Morgan fingerprint density at radius 1 is 1.75 bits per heavy atom. The lowest BCUT2D eigenvalue weighted by Crippen LogP contribution is -1.03. The van der Waals surface area contributed by atoms with Gasteiger partial charge in [0.15, 0.2) is 0 Å². The molecule has 2 nitrogen and oxygen atoms in total. The first-order valence-electron chi connectivity index (χ1n) is 0.428. The number of hydrogen-bond acceptors (Lipinski definition) is 1. The average Bonchev–Trinajstić information content (AvgIpc) is 0.918. The Morgan fingerprint density at radius 2 is 1.75 bits per heavy atom. The molecule has 0 saturated heterocycles. The van der Waals surface area contributed by atoms with Crippen LogP contribution in [0.4, 0.5) is 0 Å². The maximum Gasteiger partial charge on any atom is 0.491 e. The third-order valence-corrected chi connectivity index (χ3v) is 0. The summed E-state index contributed by atoms with van der Waals surface area (Å²) in [6, 6.07) is 0. The van der Waals surface area contributed by atoms with E-state index in [0.29, 0.717) is 0 Å². The van der Waals surface area contributed by atoms with E-state index in [4.69, 9.17) is 9.46 Å². The highest BCUT2D eigenvalue weighted by molar-refractivity contribution is 7.16. The van der Waals surface area contributed by atoms with E-state index in [1.807, 2.05) is 0 Å². The van der Waals surface area contributed by atoms with E-state index in [-0.39, 0.29) is 17.4 Å². The molecule has 0 aliphatic rings. The second-order valence-corrected chi connectivity index (χ2v) is 0.274. The molecule has 0 aromatic heterocycles. The van der Waals surface area contributed by atoms with Crippen molar-refractivity contribution < 1.29 is 9.46 Å². The van der Waals surface area contributed by atoms with Crippen molar-refractivity contribution in [3.05, 3.63) is 0 Å². The van der Waals surface area contributed by atoms with Crippen molar-refractivity contribution in [3.63, 3.8) is 0 Å². The Labute approximate surface area is 36.2 Å². The first kappa shape index (κ1) is 8.82. The lowest BCUT2D eigenvalue weighted by Gasteiger charge is -1.08. The van der Waals surface area contributed by atoms with Crippen molar-refractivity contribution in [2.24, 2.45) is 0 Å². The summed E-state index contributed by atoms with van der Waals surface area (Å²) in [6.45, 7) is 0. The lowest BCUT2D eigenvalue weighted by molar-refractivity contribution is 0.524. The molecule has 0 heterocycles. The lowest BCUT2D eigenvalue weighted by atomic mass is 15.9. The van der Waals surface area contributed by atoms with Crippen LogP contribution in [0.5, 0.6) is 0 Å². The Kier molecular flexibility index (Phi) is 21.0. The molecule has 4 heteroatoms. The van der Waals surface area contributed by atoms with Gasteiger partial charge in [-0.15, -0.1) is 0 Å². The molecule has 0 spiro atoms. The Morgan fingerprint density at radius 3 is 1.75 bits per heavy atom. The van der Waals surface area contributed by atoms with Crippen LogP contribution in [0.1, 0.15) is 0 Å². The van der Waals surface area contributed by atoms with E-state index < -0.39 is 8.69 Å². The molecule has 0 saturated carbocycles. The SMILES string of the molecule is O=[PH+]O.[Al]. The predicted octanol–water partition coefficient (Wildman–Crippen LogP) is -0.463. The van der Waals surface area contributed by atoms with E-state index in [1.54, 1.807) is 0 Å². The Bertz CT molecular complexity index is 13.5. The van der Waals surface area contributed by atoms with Gasteiger partial charge in [0.25, 0.3) is 0 Å².